The predicted octanol–water partition coefficient (Wildman–Crippen LogP) is 3.37. The van der Waals surface area contributed by atoms with Gasteiger partial charge in [0.15, 0.2) is 0 Å². The van der Waals surface area contributed by atoms with Crippen LogP contribution >= 0.6 is 23.2 Å². The summed E-state index contributed by atoms with van der Waals surface area (Å²) in [5.41, 5.74) is 9.03. The SMILES string of the molecule is Cn1nc(-c2cn[nH]c2)c(-c2c(Cl)cccc2Cl)c1N. The molecule has 0 unspecified atom stereocenters. The molecule has 0 fully saturated rings. The summed E-state index contributed by atoms with van der Waals surface area (Å²) in [4.78, 5) is 0. The van der Waals surface area contributed by atoms with Crippen molar-refractivity contribution in [1.29, 1.82) is 0 Å². The van der Waals surface area contributed by atoms with E-state index in [1.54, 1.807) is 42.3 Å². The zero-order valence-corrected chi connectivity index (χ0v) is 12.1. The number of rotatable bonds is 2. The lowest BCUT2D eigenvalue weighted by atomic mass is 10.0. The van der Waals surface area contributed by atoms with Crippen LogP contribution in [0.15, 0.2) is 30.6 Å². The molecule has 0 saturated heterocycles. The first-order valence-electron chi connectivity index (χ1n) is 5.85. The Balaban J connectivity index is 2.34. The number of hydrogen-bond donors (Lipinski definition) is 2. The van der Waals surface area contributed by atoms with Gasteiger partial charge in [0.2, 0.25) is 0 Å². The van der Waals surface area contributed by atoms with Gasteiger partial charge in [0, 0.05) is 24.4 Å². The van der Waals surface area contributed by atoms with Crippen molar-refractivity contribution in [2.75, 3.05) is 5.73 Å². The Labute approximate surface area is 125 Å². The lowest BCUT2D eigenvalue weighted by molar-refractivity contribution is 0.782. The minimum absolute atomic E-state index is 0.496. The van der Waals surface area contributed by atoms with E-state index in [1.807, 2.05) is 0 Å². The molecule has 0 aliphatic carbocycles. The van der Waals surface area contributed by atoms with Crippen LogP contribution in [0.3, 0.4) is 0 Å². The van der Waals surface area contributed by atoms with E-state index in [4.69, 9.17) is 28.9 Å². The molecule has 0 saturated carbocycles. The molecule has 0 spiro atoms. The number of hydrogen-bond acceptors (Lipinski definition) is 3. The van der Waals surface area contributed by atoms with Crippen molar-refractivity contribution in [1.82, 2.24) is 20.0 Å². The van der Waals surface area contributed by atoms with Gasteiger partial charge in [-0.15, -0.1) is 0 Å². The molecule has 2 aromatic heterocycles. The summed E-state index contributed by atoms with van der Waals surface area (Å²) < 4.78 is 1.59. The van der Waals surface area contributed by atoms with Crippen molar-refractivity contribution >= 4 is 29.0 Å². The molecule has 0 aliphatic rings. The smallest absolute Gasteiger partial charge is 0.130 e. The fourth-order valence-corrected chi connectivity index (χ4v) is 2.69. The summed E-state index contributed by atoms with van der Waals surface area (Å²) in [6, 6.07) is 5.33. The third-order valence-electron chi connectivity index (χ3n) is 3.08. The van der Waals surface area contributed by atoms with Crippen molar-refractivity contribution in [3.63, 3.8) is 0 Å². The number of halogens is 2. The molecule has 2 heterocycles. The van der Waals surface area contributed by atoms with Crippen LogP contribution in [0.1, 0.15) is 0 Å². The number of aromatic nitrogens is 4. The van der Waals surface area contributed by atoms with Crippen LogP contribution < -0.4 is 5.73 Å². The minimum atomic E-state index is 0.496. The molecule has 3 aromatic rings. The summed E-state index contributed by atoms with van der Waals surface area (Å²) in [6.45, 7) is 0. The van der Waals surface area contributed by atoms with E-state index in [1.165, 1.54) is 0 Å². The second-order valence-electron chi connectivity index (χ2n) is 4.32. The fourth-order valence-electron chi connectivity index (χ4n) is 2.10. The molecular formula is C13H11Cl2N5. The summed E-state index contributed by atoms with van der Waals surface area (Å²) in [5, 5.41) is 12.2. The van der Waals surface area contributed by atoms with Crippen molar-refractivity contribution < 1.29 is 0 Å². The molecule has 5 nitrogen and oxygen atoms in total. The maximum Gasteiger partial charge on any atom is 0.130 e. The molecule has 0 atom stereocenters. The van der Waals surface area contributed by atoms with Crippen LogP contribution in [0.25, 0.3) is 22.4 Å². The van der Waals surface area contributed by atoms with Crippen LogP contribution in [-0.2, 0) is 7.05 Å². The summed E-state index contributed by atoms with van der Waals surface area (Å²) in [7, 11) is 1.77. The number of anilines is 1. The van der Waals surface area contributed by atoms with Gasteiger partial charge in [-0.3, -0.25) is 9.78 Å². The van der Waals surface area contributed by atoms with Crippen LogP contribution in [0.2, 0.25) is 10.0 Å². The zero-order valence-electron chi connectivity index (χ0n) is 10.6. The van der Waals surface area contributed by atoms with Gasteiger partial charge in [0.05, 0.1) is 21.8 Å². The van der Waals surface area contributed by atoms with Crippen molar-refractivity contribution in [3.8, 4) is 22.4 Å². The Bertz CT molecular complexity index is 741. The molecule has 7 heteroatoms. The van der Waals surface area contributed by atoms with Crippen molar-refractivity contribution in [2.24, 2.45) is 7.05 Å². The number of benzene rings is 1. The number of nitrogens with two attached hydrogens (primary N) is 1. The van der Waals surface area contributed by atoms with Gasteiger partial charge in [-0.2, -0.15) is 10.2 Å². The average molecular weight is 308 g/mol. The first-order chi connectivity index (χ1) is 9.59. The minimum Gasteiger partial charge on any atom is -0.383 e. The van der Waals surface area contributed by atoms with Crippen LogP contribution in [0.5, 0.6) is 0 Å². The zero-order chi connectivity index (χ0) is 14.3. The van der Waals surface area contributed by atoms with E-state index in [-0.39, 0.29) is 0 Å². The molecule has 0 amide bonds. The molecule has 102 valence electrons. The standard InChI is InChI=1S/C13H11Cl2N5/c1-20-13(16)11(10-8(14)3-2-4-9(10)15)12(19-20)7-5-17-18-6-7/h2-6H,16H2,1H3,(H,17,18). The first kappa shape index (κ1) is 13.0. The highest BCUT2D eigenvalue weighted by molar-refractivity contribution is 6.39. The van der Waals surface area contributed by atoms with Gasteiger partial charge in [0.25, 0.3) is 0 Å². The topological polar surface area (TPSA) is 72.5 Å². The number of aromatic amines is 1. The fraction of sp³-hybridized carbons (Fsp3) is 0.0769. The molecule has 3 N–H and O–H groups in total. The number of nitrogen functional groups attached to an aromatic ring is 1. The van der Waals surface area contributed by atoms with E-state index in [9.17, 15) is 0 Å². The van der Waals surface area contributed by atoms with Gasteiger partial charge in [-0.1, -0.05) is 29.3 Å². The van der Waals surface area contributed by atoms with Gasteiger partial charge >= 0.3 is 0 Å². The lowest BCUT2D eigenvalue weighted by Crippen LogP contribution is -1.98. The van der Waals surface area contributed by atoms with E-state index >= 15 is 0 Å². The summed E-state index contributed by atoms with van der Waals surface area (Å²) >= 11 is 12.6. The quantitative estimate of drug-likeness (QED) is 0.762. The Morgan fingerprint density at radius 3 is 2.50 bits per heavy atom. The predicted molar refractivity (Wildman–Crippen MR) is 80.7 cm³/mol. The molecule has 1 aromatic carbocycles. The van der Waals surface area contributed by atoms with Gasteiger partial charge in [-0.05, 0) is 12.1 Å². The van der Waals surface area contributed by atoms with E-state index in [0.717, 1.165) is 5.56 Å². The second-order valence-corrected chi connectivity index (χ2v) is 5.13. The Morgan fingerprint density at radius 2 is 1.90 bits per heavy atom. The Morgan fingerprint density at radius 1 is 1.20 bits per heavy atom. The Kier molecular flexibility index (Phi) is 3.16. The Hall–Kier alpha value is -1.98. The molecule has 0 bridgehead atoms. The van der Waals surface area contributed by atoms with E-state index in [0.29, 0.717) is 32.7 Å². The molecule has 0 radical (unpaired) electrons. The van der Waals surface area contributed by atoms with Crippen molar-refractivity contribution in [3.05, 3.63) is 40.6 Å². The normalized spacial score (nSPS) is 10.9. The first-order valence-corrected chi connectivity index (χ1v) is 6.61. The highest BCUT2D eigenvalue weighted by atomic mass is 35.5. The average Bonchev–Trinajstić information content (AvgIpc) is 3.01. The second kappa shape index (κ2) is 4.85. The molecular weight excluding hydrogens is 297 g/mol. The highest BCUT2D eigenvalue weighted by Gasteiger charge is 2.22. The maximum atomic E-state index is 6.28. The van der Waals surface area contributed by atoms with E-state index < -0.39 is 0 Å². The van der Waals surface area contributed by atoms with E-state index in [2.05, 4.69) is 15.3 Å². The van der Waals surface area contributed by atoms with Crippen LogP contribution in [-0.4, -0.2) is 20.0 Å². The van der Waals surface area contributed by atoms with Gasteiger partial charge in [0.1, 0.15) is 11.5 Å². The van der Waals surface area contributed by atoms with Gasteiger partial charge in [-0.25, -0.2) is 0 Å². The number of nitrogens with zero attached hydrogens (tertiary/aromatic N) is 3. The lowest BCUT2D eigenvalue weighted by Gasteiger charge is -2.08. The van der Waals surface area contributed by atoms with Crippen LogP contribution in [0, 0.1) is 0 Å². The molecule has 0 aliphatic heterocycles. The highest BCUT2D eigenvalue weighted by Crippen LogP contribution is 2.42. The number of nitrogens with one attached hydrogen (secondary N) is 1. The summed E-state index contributed by atoms with van der Waals surface area (Å²) in [5.74, 6) is 0.496. The van der Waals surface area contributed by atoms with Crippen molar-refractivity contribution in [2.45, 2.75) is 0 Å². The van der Waals surface area contributed by atoms with Crippen LogP contribution in [0.4, 0.5) is 5.82 Å². The third kappa shape index (κ3) is 1.95. The maximum absolute atomic E-state index is 6.28. The van der Waals surface area contributed by atoms with Gasteiger partial charge < -0.3 is 5.73 Å². The monoisotopic (exact) mass is 307 g/mol. The largest absolute Gasteiger partial charge is 0.383 e. The number of H-pyrrole nitrogens is 1. The molecule has 20 heavy (non-hydrogen) atoms. The summed E-state index contributed by atoms with van der Waals surface area (Å²) in [6.07, 6.45) is 3.42. The number of aryl methyl sites for hydroxylation is 1. The third-order valence-corrected chi connectivity index (χ3v) is 3.71. The molecule has 3 rings (SSSR count).